The van der Waals surface area contributed by atoms with E-state index in [1.807, 2.05) is 0 Å². The molecule has 1 unspecified atom stereocenters. The van der Waals surface area contributed by atoms with E-state index in [1.54, 1.807) is 0 Å². The third-order valence-electron chi connectivity index (χ3n) is 3.08. The van der Waals surface area contributed by atoms with Crippen molar-refractivity contribution in [3.63, 3.8) is 0 Å². The first-order valence-corrected chi connectivity index (χ1v) is 4.88. The molecule has 1 aliphatic carbocycles. The Kier molecular flexibility index (Phi) is 1.41. The van der Waals surface area contributed by atoms with E-state index < -0.39 is 0 Å². The van der Waals surface area contributed by atoms with Gasteiger partial charge < -0.3 is 10.5 Å². The Morgan fingerprint density at radius 2 is 2.15 bits per heavy atom. The summed E-state index contributed by atoms with van der Waals surface area (Å²) in [5.74, 6) is 1.09. The van der Waals surface area contributed by atoms with Gasteiger partial charge in [0.25, 0.3) is 0 Å². The number of benzene rings is 1. The molecule has 3 rings (SSSR count). The molecule has 2 aliphatic rings. The van der Waals surface area contributed by atoms with Gasteiger partial charge in [0.2, 0.25) is 0 Å². The summed E-state index contributed by atoms with van der Waals surface area (Å²) in [5, 5.41) is 0. The maximum absolute atomic E-state index is 6.00. The zero-order chi connectivity index (χ0) is 8.84. The summed E-state index contributed by atoms with van der Waals surface area (Å²) < 4.78 is 5.52. The molecule has 1 atom stereocenters. The van der Waals surface area contributed by atoms with Crippen LogP contribution in [0.15, 0.2) is 12.1 Å². The van der Waals surface area contributed by atoms with E-state index in [-0.39, 0.29) is 6.04 Å². The average molecular weight is 175 g/mol. The van der Waals surface area contributed by atoms with Gasteiger partial charge in [-0.25, -0.2) is 0 Å². The first-order valence-electron chi connectivity index (χ1n) is 4.88. The Morgan fingerprint density at radius 3 is 3.08 bits per heavy atom. The minimum absolute atomic E-state index is 0.265. The number of fused-ring (bicyclic) bond motifs is 2. The fourth-order valence-corrected chi connectivity index (χ4v) is 2.31. The minimum Gasteiger partial charge on any atom is -0.493 e. The first-order chi connectivity index (χ1) is 6.34. The maximum atomic E-state index is 6.00. The minimum atomic E-state index is 0.265. The van der Waals surface area contributed by atoms with Crippen LogP contribution in [0.1, 0.15) is 29.2 Å². The van der Waals surface area contributed by atoms with Crippen molar-refractivity contribution in [2.75, 3.05) is 6.61 Å². The molecular weight excluding hydrogens is 162 g/mol. The number of ether oxygens (including phenoxy) is 1. The second-order valence-corrected chi connectivity index (χ2v) is 3.90. The molecule has 1 aromatic carbocycles. The standard InChI is InChI=1S/C11H13NO/c12-10-2-1-7-6-11-8(3-4-13-11)5-9(7)10/h5-6,10H,1-4,12H2. The van der Waals surface area contributed by atoms with Crippen molar-refractivity contribution < 1.29 is 4.74 Å². The summed E-state index contributed by atoms with van der Waals surface area (Å²) in [4.78, 5) is 0. The van der Waals surface area contributed by atoms with Crippen LogP contribution in [0.4, 0.5) is 0 Å². The fraction of sp³-hybridized carbons (Fsp3) is 0.455. The van der Waals surface area contributed by atoms with Crippen LogP contribution < -0.4 is 10.5 Å². The van der Waals surface area contributed by atoms with Gasteiger partial charge in [0, 0.05) is 12.5 Å². The maximum Gasteiger partial charge on any atom is 0.122 e. The van der Waals surface area contributed by atoms with Crippen LogP contribution in [-0.2, 0) is 12.8 Å². The van der Waals surface area contributed by atoms with Crippen LogP contribution >= 0.6 is 0 Å². The topological polar surface area (TPSA) is 35.2 Å². The van der Waals surface area contributed by atoms with Crippen LogP contribution in [0, 0.1) is 0 Å². The van der Waals surface area contributed by atoms with Gasteiger partial charge in [-0.2, -0.15) is 0 Å². The third kappa shape index (κ3) is 0.985. The Labute approximate surface area is 77.7 Å². The molecule has 1 heterocycles. The summed E-state index contributed by atoms with van der Waals surface area (Å²) in [5.41, 5.74) is 10.1. The molecule has 0 radical (unpaired) electrons. The van der Waals surface area contributed by atoms with Crippen LogP contribution in [0.2, 0.25) is 0 Å². The second-order valence-electron chi connectivity index (χ2n) is 3.90. The molecule has 1 aromatic rings. The molecule has 0 spiro atoms. The summed E-state index contributed by atoms with van der Waals surface area (Å²) >= 11 is 0. The van der Waals surface area contributed by atoms with E-state index >= 15 is 0 Å². The highest BCUT2D eigenvalue weighted by atomic mass is 16.5. The van der Waals surface area contributed by atoms with Crippen molar-refractivity contribution in [3.8, 4) is 5.75 Å². The predicted octanol–water partition coefficient (Wildman–Crippen LogP) is 1.57. The lowest BCUT2D eigenvalue weighted by Crippen LogP contribution is -2.05. The number of nitrogens with two attached hydrogens (primary N) is 1. The Hall–Kier alpha value is -1.02. The highest BCUT2D eigenvalue weighted by molar-refractivity contribution is 5.47. The van der Waals surface area contributed by atoms with E-state index in [2.05, 4.69) is 12.1 Å². The van der Waals surface area contributed by atoms with Gasteiger partial charge in [-0.05, 0) is 35.6 Å². The number of rotatable bonds is 0. The molecular formula is C11H13NO. The molecule has 0 saturated carbocycles. The molecule has 0 amide bonds. The SMILES string of the molecule is NC1CCc2cc3c(cc21)CCO3. The molecule has 2 heteroatoms. The van der Waals surface area contributed by atoms with Gasteiger partial charge in [0.1, 0.15) is 5.75 Å². The van der Waals surface area contributed by atoms with E-state index in [1.165, 1.54) is 16.7 Å². The van der Waals surface area contributed by atoms with E-state index in [0.717, 1.165) is 31.6 Å². The molecule has 2 nitrogen and oxygen atoms in total. The van der Waals surface area contributed by atoms with Crippen molar-refractivity contribution in [2.24, 2.45) is 5.73 Å². The molecule has 0 bridgehead atoms. The third-order valence-corrected chi connectivity index (χ3v) is 3.08. The fourth-order valence-electron chi connectivity index (χ4n) is 2.31. The highest BCUT2D eigenvalue weighted by Gasteiger charge is 2.23. The zero-order valence-corrected chi connectivity index (χ0v) is 7.55. The van der Waals surface area contributed by atoms with Gasteiger partial charge in [-0.3, -0.25) is 0 Å². The molecule has 0 aromatic heterocycles. The van der Waals surface area contributed by atoms with Crippen molar-refractivity contribution in [3.05, 3.63) is 28.8 Å². The average Bonchev–Trinajstić information content (AvgIpc) is 2.70. The van der Waals surface area contributed by atoms with Crippen molar-refractivity contribution >= 4 is 0 Å². The van der Waals surface area contributed by atoms with Crippen molar-refractivity contribution in [2.45, 2.75) is 25.3 Å². The van der Waals surface area contributed by atoms with E-state index in [9.17, 15) is 0 Å². The van der Waals surface area contributed by atoms with Crippen LogP contribution in [0.25, 0.3) is 0 Å². The summed E-state index contributed by atoms with van der Waals surface area (Å²) in [6.07, 6.45) is 3.26. The van der Waals surface area contributed by atoms with E-state index in [4.69, 9.17) is 10.5 Å². The number of aryl methyl sites for hydroxylation is 1. The van der Waals surface area contributed by atoms with Gasteiger partial charge >= 0.3 is 0 Å². The highest BCUT2D eigenvalue weighted by Crippen LogP contribution is 2.36. The van der Waals surface area contributed by atoms with Gasteiger partial charge in [-0.15, -0.1) is 0 Å². The molecule has 0 saturated heterocycles. The van der Waals surface area contributed by atoms with Crippen LogP contribution in [0.3, 0.4) is 0 Å². The monoisotopic (exact) mass is 175 g/mol. The number of hydrogen-bond donors (Lipinski definition) is 1. The van der Waals surface area contributed by atoms with E-state index in [0.29, 0.717) is 0 Å². The molecule has 1 aliphatic heterocycles. The lowest BCUT2D eigenvalue weighted by Gasteiger charge is -2.06. The molecule has 2 N–H and O–H groups in total. The Balaban J connectivity index is 2.16. The first kappa shape index (κ1) is 7.39. The zero-order valence-electron chi connectivity index (χ0n) is 7.55. The van der Waals surface area contributed by atoms with Gasteiger partial charge in [0.15, 0.2) is 0 Å². The summed E-state index contributed by atoms with van der Waals surface area (Å²) in [6, 6.07) is 4.70. The lowest BCUT2D eigenvalue weighted by molar-refractivity contribution is 0.356. The van der Waals surface area contributed by atoms with Gasteiger partial charge in [-0.1, -0.05) is 6.07 Å². The summed E-state index contributed by atoms with van der Waals surface area (Å²) in [6.45, 7) is 0.841. The molecule has 0 fully saturated rings. The van der Waals surface area contributed by atoms with Crippen LogP contribution in [-0.4, -0.2) is 6.61 Å². The number of hydrogen-bond acceptors (Lipinski definition) is 2. The van der Waals surface area contributed by atoms with Crippen molar-refractivity contribution in [1.29, 1.82) is 0 Å². The molecule has 68 valence electrons. The molecule has 13 heavy (non-hydrogen) atoms. The van der Waals surface area contributed by atoms with Gasteiger partial charge in [0.05, 0.1) is 6.61 Å². The second kappa shape index (κ2) is 2.48. The Bertz CT molecular complexity index is 359. The Morgan fingerprint density at radius 1 is 1.23 bits per heavy atom. The summed E-state index contributed by atoms with van der Waals surface area (Å²) in [7, 11) is 0. The van der Waals surface area contributed by atoms with Crippen LogP contribution in [0.5, 0.6) is 5.75 Å². The quantitative estimate of drug-likeness (QED) is 0.649. The largest absolute Gasteiger partial charge is 0.493 e. The van der Waals surface area contributed by atoms with Crippen molar-refractivity contribution in [1.82, 2.24) is 0 Å². The lowest BCUT2D eigenvalue weighted by atomic mass is 10.0. The smallest absolute Gasteiger partial charge is 0.122 e. The normalized spacial score (nSPS) is 23.9. The predicted molar refractivity (Wildman–Crippen MR) is 50.9 cm³/mol.